The van der Waals surface area contributed by atoms with Gasteiger partial charge in [-0.3, -0.25) is 4.79 Å². The van der Waals surface area contributed by atoms with Crippen molar-refractivity contribution in [3.8, 4) is 11.5 Å². The molecule has 5 heteroatoms. The molecular formula is C20H25NO4. The highest BCUT2D eigenvalue weighted by Crippen LogP contribution is 2.23. The van der Waals surface area contributed by atoms with Gasteiger partial charge in [-0.05, 0) is 43.2 Å². The van der Waals surface area contributed by atoms with Crippen molar-refractivity contribution < 1.29 is 19.0 Å². The van der Waals surface area contributed by atoms with Gasteiger partial charge >= 0.3 is 0 Å². The van der Waals surface area contributed by atoms with Crippen molar-refractivity contribution in [2.24, 2.45) is 0 Å². The maximum atomic E-state index is 12.2. The molecule has 0 saturated heterocycles. The average Bonchev–Trinajstić information content (AvgIpc) is 2.65. The number of amides is 1. The summed E-state index contributed by atoms with van der Waals surface area (Å²) in [4.78, 5) is 12.2. The molecule has 1 N–H and O–H groups in total. The normalized spacial score (nSPS) is 10.3. The number of benzene rings is 2. The molecule has 0 atom stereocenters. The molecule has 0 aliphatic heterocycles. The molecule has 2 rings (SSSR count). The third kappa shape index (κ3) is 6.47. The maximum Gasteiger partial charge on any atom is 0.262 e. The van der Waals surface area contributed by atoms with Crippen LogP contribution >= 0.6 is 0 Å². The van der Waals surface area contributed by atoms with Gasteiger partial charge in [0.1, 0.15) is 18.1 Å². The highest BCUT2D eigenvalue weighted by atomic mass is 16.5. The molecule has 0 fully saturated rings. The van der Waals surface area contributed by atoms with Crippen LogP contribution in [-0.2, 0) is 16.0 Å². The fraction of sp³-hybridized carbons (Fsp3) is 0.350. The van der Waals surface area contributed by atoms with Crippen molar-refractivity contribution in [1.29, 1.82) is 0 Å². The van der Waals surface area contributed by atoms with E-state index in [9.17, 15) is 4.79 Å². The summed E-state index contributed by atoms with van der Waals surface area (Å²) in [6, 6.07) is 15.1. The van der Waals surface area contributed by atoms with E-state index in [1.54, 1.807) is 6.07 Å². The van der Waals surface area contributed by atoms with Crippen molar-refractivity contribution in [3.05, 3.63) is 54.1 Å². The van der Waals surface area contributed by atoms with Gasteiger partial charge in [-0.15, -0.1) is 0 Å². The fourth-order valence-corrected chi connectivity index (χ4v) is 2.24. The van der Waals surface area contributed by atoms with Gasteiger partial charge in [-0.1, -0.05) is 31.2 Å². The van der Waals surface area contributed by atoms with Crippen molar-refractivity contribution in [2.75, 3.05) is 31.7 Å². The third-order valence-corrected chi connectivity index (χ3v) is 3.53. The van der Waals surface area contributed by atoms with Crippen LogP contribution in [0.2, 0.25) is 0 Å². The van der Waals surface area contributed by atoms with Crippen LogP contribution in [0.5, 0.6) is 11.5 Å². The lowest BCUT2D eigenvalue weighted by molar-refractivity contribution is -0.118. The molecule has 0 radical (unpaired) electrons. The minimum Gasteiger partial charge on any atom is -0.489 e. The number of para-hydroxylation sites is 2. The van der Waals surface area contributed by atoms with E-state index in [-0.39, 0.29) is 12.5 Å². The van der Waals surface area contributed by atoms with E-state index in [1.165, 1.54) is 5.56 Å². The van der Waals surface area contributed by atoms with E-state index < -0.39 is 0 Å². The standard InChI is InChI=1S/C20H25NO4/c1-3-16-8-7-9-17(14-16)25-15-20(22)21-18-10-5-6-11-19(18)24-13-12-23-4-2/h5-11,14H,3-4,12-13,15H2,1-2H3,(H,21,22). The number of carbonyl (C=O) groups excluding carboxylic acids is 1. The van der Waals surface area contributed by atoms with Gasteiger partial charge < -0.3 is 19.5 Å². The number of carbonyl (C=O) groups is 1. The Balaban J connectivity index is 1.87. The molecule has 0 aliphatic carbocycles. The highest BCUT2D eigenvalue weighted by Gasteiger charge is 2.08. The Morgan fingerprint density at radius 3 is 2.64 bits per heavy atom. The summed E-state index contributed by atoms with van der Waals surface area (Å²) in [6.45, 7) is 5.55. The molecule has 0 unspecified atom stereocenters. The molecule has 0 saturated carbocycles. The topological polar surface area (TPSA) is 56.8 Å². The Hall–Kier alpha value is -2.53. The van der Waals surface area contributed by atoms with Gasteiger partial charge in [0.15, 0.2) is 6.61 Å². The van der Waals surface area contributed by atoms with E-state index in [4.69, 9.17) is 14.2 Å². The Bertz CT molecular complexity index is 672. The first-order valence-corrected chi connectivity index (χ1v) is 8.54. The lowest BCUT2D eigenvalue weighted by Gasteiger charge is -2.13. The monoisotopic (exact) mass is 343 g/mol. The molecule has 2 aromatic carbocycles. The Labute approximate surface area is 148 Å². The second kappa shape index (κ2) is 10.4. The van der Waals surface area contributed by atoms with Crippen LogP contribution in [0.1, 0.15) is 19.4 Å². The molecule has 2 aromatic rings. The van der Waals surface area contributed by atoms with Crippen LogP contribution in [-0.4, -0.2) is 32.3 Å². The molecular weight excluding hydrogens is 318 g/mol. The summed E-state index contributed by atoms with van der Waals surface area (Å²) in [5.41, 5.74) is 1.79. The zero-order valence-corrected chi connectivity index (χ0v) is 14.8. The number of hydrogen-bond donors (Lipinski definition) is 1. The van der Waals surface area contributed by atoms with Crippen molar-refractivity contribution in [3.63, 3.8) is 0 Å². The fourth-order valence-electron chi connectivity index (χ4n) is 2.24. The van der Waals surface area contributed by atoms with E-state index in [0.29, 0.717) is 37.0 Å². The van der Waals surface area contributed by atoms with Gasteiger partial charge in [-0.2, -0.15) is 0 Å². The molecule has 1 amide bonds. The Kier molecular flexibility index (Phi) is 7.79. The van der Waals surface area contributed by atoms with Crippen LogP contribution in [0, 0.1) is 0 Å². The Morgan fingerprint density at radius 1 is 1.00 bits per heavy atom. The predicted molar refractivity (Wildman–Crippen MR) is 98.4 cm³/mol. The summed E-state index contributed by atoms with van der Waals surface area (Å²) in [6.07, 6.45) is 0.926. The van der Waals surface area contributed by atoms with Gasteiger partial charge in [-0.25, -0.2) is 0 Å². The SMILES string of the molecule is CCOCCOc1ccccc1NC(=O)COc1cccc(CC)c1. The zero-order chi connectivity index (χ0) is 17.9. The molecule has 0 bridgehead atoms. The molecule has 0 aliphatic rings. The van der Waals surface area contributed by atoms with Gasteiger partial charge in [0.2, 0.25) is 0 Å². The first-order chi connectivity index (χ1) is 12.2. The van der Waals surface area contributed by atoms with Crippen molar-refractivity contribution >= 4 is 11.6 Å². The summed E-state index contributed by atoms with van der Waals surface area (Å²) < 4.78 is 16.5. The number of hydrogen-bond acceptors (Lipinski definition) is 4. The summed E-state index contributed by atoms with van der Waals surface area (Å²) in [5, 5.41) is 2.82. The molecule has 25 heavy (non-hydrogen) atoms. The van der Waals surface area contributed by atoms with E-state index >= 15 is 0 Å². The van der Waals surface area contributed by atoms with Crippen molar-refractivity contribution in [1.82, 2.24) is 0 Å². The van der Waals surface area contributed by atoms with Crippen LogP contribution < -0.4 is 14.8 Å². The quantitative estimate of drug-likeness (QED) is 0.669. The van der Waals surface area contributed by atoms with Crippen LogP contribution in [0.3, 0.4) is 0 Å². The molecule has 0 aromatic heterocycles. The van der Waals surface area contributed by atoms with Crippen LogP contribution in [0.25, 0.3) is 0 Å². The lowest BCUT2D eigenvalue weighted by Crippen LogP contribution is -2.20. The number of nitrogens with one attached hydrogen (secondary N) is 1. The largest absolute Gasteiger partial charge is 0.489 e. The first-order valence-electron chi connectivity index (χ1n) is 8.54. The van der Waals surface area contributed by atoms with Crippen LogP contribution in [0.4, 0.5) is 5.69 Å². The molecule has 134 valence electrons. The number of aryl methyl sites for hydroxylation is 1. The second-order valence-corrected chi connectivity index (χ2v) is 5.38. The predicted octanol–water partition coefficient (Wildman–Crippen LogP) is 3.68. The summed E-state index contributed by atoms with van der Waals surface area (Å²) >= 11 is 0. The zero-order valence-electron chi connectivity index (χ0n) is 14.8. The van der Waals surface area contributed by atoms with Gasteiger partial charge in [0.25, 0.3) is 5.91 Å². The first kappa shape index (κ1) is 18.8. The number of anilines is 1. The Morgan fingerprint density at radius 2 is 1.84 bits per heavy atom. The third-order valence-electron chi connectivity index (χ3n) is 3.53. The van der Waals surface area contributed by atoms with Gasteiger partial charge in [0.05, 0.1) is 12.3 Å². The molecule has 5 nitrogen and oxygen atoms in total. The van der Waals surface area contributed by atoms with E-state index in [0.717, 1.165) is 6.42 Å². The minimum atomic E-state index is -0.234. The van der Waals surface area contributed by atoms with Gasteiger partial charge in [0, 0.05) is 6.61 Å². The molecule has 0 spiro atoms. The molecule has 0 heterocycles. The number of ether oxygens (including phenoxy) is 3. The smallest absolute Gasteiger partial charge is 0.262 e. The summed E-state index contributed by atoms with van der Waals surface area (Å²) in [7, 11) is 0. The van der Waals surface area contributed by atoms with E-state index in [2.05, 4.69) is 12.2 Å². The van der Waals surface area contributed by atoms with E-state index in [1.807, 2.05) is 49.4 Å². The minimum absolute atomic E-state index is 0.0551. The lowest BCUT2D eigenvalue weighted by atomic mass is 10.2. The van der Waals surface area contributed by atoms with Crippen molar-refractivity contribution in [2.45, 2.75) is 20.3 Å². The number of rotatable bonds is 10. The second-order valence-electron chi connectivity index (χ2n) is 5.38. The highest BCUT2D eigenvalue weighted by molar-refractivity contribution is 5.93. The van der Waals surface area contributed by atoms with Crippen LogP contribution in [0.15, 0.2) is 48.5 Å². The average molecular weight is 343 g/mol. The maximum absolute atomic E-state index is 12.2. The summed E-state index contributed by atoms with van der Waals surface area (Å²) in [5.74, 6) is 1.07.